The van der Waals surface area contributed by atoms with E-state index in [0.717, 1.165) is 12.3 Å². The molecule has 0 radical (unpaired) electrons. The Bertz CT molecular complexity index is 782. The summed E-state index contributed by atoms with van der Waals surface area (Å²) in [6.07, 6.45) is 0. The first-order valence-corrected chi connectivity index (χ1v) is 9.47. The summed E-state index contributed by atoms with van der Waals surface area (Å²) in [5, 5.41) is 3.85. The highest BCUT2D eigenvalue weighted by Crippen LogP contribution is 2.39. The van der Waals surface area contributed by atoms with E-state index in [0.29, 0.717) is 15.7 Å². The standard InChI is InChI=1S/C18H18Cl2N2OS/c1-11-3-5-14(12(2)9-11)17-22(7-8-24-17)18(23)21-13-4-6-15(19)16(20)10-13/h3-6,9-10,17H,7-8H2,1-2H3,(H,21,23)/t17-/m1/s1. The molecule has 6 heteroatoms. The number of amides is 2. The quantitative estimate of drug-likeness (QED) is 0.704. The molecule has 1 heterocycles. The topological polar surface area (TPSA) is 32.3 Å². The Hall–Kier alpha value is -1.36. The molecule has 3 nitrogen and oxygen atoms in total. The number of hydrogen-bond donors (Lipinski definition) is 1. The summed E-state index contributed by atoms with van der Waals surface area (Å²) in [7, 11) is 0. The van der Waals surface area contributed by atoms with Gasteiger partial charge in [0.15, 0.2) is 0 Å². The highest BCUT2D eigenvalue weighted by atomic mass is 35.5. The van der Waals surface area contributed by atoms with Crippen LogP contribution in [0.25, 0.3) is 0 Å². The molecule has 0 unspecified atom stereocenters. The molecule has 0 aromatic heterocycles. The summed E-state index contributed by atoms with van der Waals surface area (Å²) < 4.78 is 0. The second-order valence-corrected chi connectivity index (χ2v) is 7.84. The van der Waals surface area contributed by atoms with Crippen LogP contribution in [0.15, 0.2) is 36.4 Å². The predicted octanol–water partition coefficient (Wildman–Crippen LogP) is 5.89. The van der Waals surface area contributed by atoms with Crippen LogP contribution in [0.1, 0.15) is 22.1 Å². The third-order valence-electron chi connectivity index (χ3n) is 4.01. The molecule has 0 bridgehead atoms. The van der Waals surface area contributed by atoms with Crippen LogP contribution in [-0.2, 0) is 0 Å². The fourth-order valence-corrected chi connectivity index (χ4v) is 4.46. The van der Waals surface area contributed by atoms with Gasteiger partial charge < -0.3 is 10.2 Å². The van der Waals surface area contributed by atoms with Crippen LogP contribution in [0.5, 0.6) is 0 Å². The second-order valence-electron chi connectivity index (χ2n) is 5.84. The van der Waals surface area contributed by atoms with E-state index in [1.807, 2.05) is 4.90 Å². The van der Waals surface area contributed by atoms with Gasteiger partial charge in [-0.05, 0) is 43.2 Å². The maximum absolute atomic E-state index is 12.7. The second kappa shape index (κ2) is 7.26. The Labute approximate surface area is 156 Å². The molecule has 2 aromatic carbocycles. The molecular formula is C18H18Cl2N2OS. The third kappa shape index (κ3) is 3.66. The minimum atomic E-state index is -0.122. The highest BCUT2D eigenvalue weighted by Gasteiger charge is 2.31. The van der Waals surface area contributed by atoms with Crippen molar-refractivity contribution < 1.29 is 4.79 Å². The van der Waals surface area contributed by atoms with E-state index < -0.39 is 0 Å². The molecule has 1 fully saturated rings. The van der Waals surface area contributed by atoms with Gasteiger partial charge in [-0.2, -0.15) is 0 Å². The molecule has 2 aromatic rings. The van der Waals surface area contributed by atoms with Gasteiger partial charge in [0.25, 0.3) is 0 Å². The molecule has 1 saturated heterocycles. The number of benzene rings is 2. The predicted molar refractivity (Wildman–Crippen MR) is 103 cm³/mol. The Morgan fingerprint density at radius 2 is 1.96 bits per heavy atom. The van der Waals surface area contributed by atoms with Gasteiger partial charge in [0.05, 0.1) is 10.0 Å². The summed E-state index contributed by atoms with van der Waals surface area (Å²) in [5.74, 6) is 0.923. The fraction of sp³-hybridized carbons (Fsp3) is 0.278. The molecule has 0 saturated carbocycles. The molecule has 126 valence electrons. The summed E-state index contributed by atoms with van der Waals surface area (Å²) in [6.45, 7) is 4.89. The number of anilines is 1. The molecule has 2 amide bonds. The Morgan fingerprint density at radius 3 is 2.67 bits per heavy atom. The van der Waals surface area contributed by atoms with Crippen molar-refractivity contribution in [3.63, 3.8) is 0 Å². The lowest BCUT2D eigenvalue weighted by Gasteiger charge is -2.26. The van der Waals surface area contributed by atoms with E-state index in [9.17, 15) is 4.79 Å². The monoisotopic (exact) mass is 380 g/mol. The van der Waals surface area contributed by atoms with Gasteiger partial charge in [-0.3, -0.25) is 0 Å². The number of thioether (sulfide) groups is 1. The first-order chi connectivity index (χ1) is 11.5. The summed E-state index contributed by atoms with van der Waals surface area (Å²) >= 11 is 13.7. The lowest BCUT2D eigenvalue weighted by Crippen LogP contribution is -2.34. The molecule has 0 spiro atoms. The molecule has 1 atom stereocenters. The number of carbonyl (C=O) groups excluding carboxylic acids is 1. The van der Waals surface area contributed by atoms with Crippen molar-refractivity contribution in [3.8, 4) is 0 Å². The number of nitrogens with one attached hydrogen (secondary N) is 1. The Kier molecular flexibility index (Phi) is 5.28. The van der Waals surface area contributed by atoms with Crippen molar-refractivity contribution in [2.45, 2.75) is 19.2 Å². The van der Waals surface area contributed by atoms with Gasteiger partial charge in [-0.25, -0.2) is 4.79 Å². The van der Waals surface area contributed by atoms with Crippen molar-refractivity contribution in [3.05, 3.63) is 63.1 Å². The molecule has 24 heavy (non-hydrogen) atoms. The fourth-order valence-electron chi connectivity index (χ4n) is 2.81. The summed E-state index contributed by atoms with van der Waals surface area (Å²) in [6, 6.07) is 11.3. The zero-order valence-electron chi connectivity index (χ0n) is 13.5. The van der Waals surface area contributed by atoms with Crippen LogP contribution in [-0.4, -0.2) is 23.2 Å². The zero-order chi connectivity index (χ0) is 17.3. The summed E-state index contributed by atoms with van der Waals surface area (Å²) in [4.78, 5) is 14.6. The van der Waals surface area contributed by atoms with Crippen LogP contribution in [0.2, 0.25) is 10.0 Å². The van der Waals surface area contributed by atoms with Gasteiger partial charge in [0.1, 0.15) is 5.37 Å². The van der Waals surface area contributed by atoms with E-state index in [2.05, 4.69) is 37.4 Å². The number of hydrogen-bond acceptors (Lipinski definition) is 2. The minimum absolute atomic E-state index is 0.0355. The van der Waals surface area contributed by atoms with Crippen LogP contribution in [0.4, 0.5) is 10.5 Å². The average molecular weight is 381 g/mol. The van der Waals surface area contributed by atoms with Gasteiger partial charge in [0, 0.05) is 18.0 Å². The SMILES string of the molecule is Cc1ccc([C@H]2SCCN2C(=O)Nc2ccc(Cl)c(Cl)c2)c(C)c1. The molecular weight excluding hydrogens is 363 g/mol. The number of aryl methyl sites for hydroxylation is 2. The smallest absolute Gasteiger partial charge is 0.308 e. The van der Waals surface area contributed by atoms with Gasteiger partial charge in [-0.1, -0.05) is 47.0 Å². The van der Waals surface area contributed by atoms with Crippen LogP contribution in [0, 0.1) is 13.8 Å². The highest BCUT2D eigenvalue weighted by molar-refractivity contribution is 7.99. The number of rotatable bonds is 2. The zero-order valence-corrected chi connectivity index (χ0v) is 15.8. The van der Waals surface area contributed by atoms with Crippen molar-refractivity contribution in [2.75, 3.05) is 17.6 Å². The molecule has 1 aliphatic heterocycles. The summed E-state index contributed by atoms with van der Waals surface area (Å²) in [5.41, 5.74) is 4.27. The first kappa shape index (κ1) is 17.5. The molecule has 0 aliphatic carbocycles. The maximum atomic E-state index is 12.7. The van der Waals surface area contributed by atoms with Crippen molar-refractivity contribution >= 4 is 46.7 Å². The van der Waals surface area contributed by atoms with Gasteiger partial charge in [-0.15, -0.1) is 11.8 Å². The van der Waals surface area contributed by atoms with E-state index in [4.69, 9.17) is 23.2 Å². The van der Waals surface area contributed by atoms with Crippen molar-refractivity contribution in [1.82, 2.24) is 4.90 Å². The number of halogens is 2. The van der Waals surface area contributed by atoms with E-state index >= 15 is 0 Å². The number of urea groups is 1. The Morgan fingerprint density at radius 1 is 1.17 bits per heavy atom. The average Bonchev–Trinajstić information content (AvgIpc) is 3.00. The van der Waals surface area contributed by atoms with Gasteiger partial charge in [0.2, 0.25) is 0 Å². The van der Waals surface area contributed by atoms with Crippen LogP contribution < -0.4 is 5.32 Å². The number of carbonyl (C=O) groups is 1. The third-order valence-corrected chi connectivity index (χ3v) is 6.00. The Balaban J connectivity index is 1.79. The van der Waals surface area contributed by atoms with Crippen LogP contribution in [0.3, 0.4) is 0 Å². The van der Waals surface area contributed by atoms with Crippen molar-refractivity contribution in [2.24, 2.45) is 0 Å². The lowest BCUT2D eigenvalue weighted by molar-refractivity contribution is 0.214. The lowest BCUT2D eigenvalue weighted by atomic mass is 10.1. The van der Waals surface area contributed by atoms with Crippen molar-refractivity contribution in [1.29, 1.82) is 0 Å². The molecule has 1 N–H and O–H groups in total. The maximum Gasteiger partial charge on any atom is 0.323 e. The van der Waals surface area contributed by atoms with E-state index in [-0.39, 0.29) is 11.4 Å². The molecule has 1 aliphatic rings. The minimum Gasteiger partial charge on any atom is -0.308 e. The normalized spacial score (nSPS) is 17.2. The first-order valence-electron chi connectivity index (χ1n) is 7.67. The number of nitrogens with zero attached hydrogens (tertiary/aromatic N) is 1. The van der Waals surface area contributed by atoms with E-state index in [1.54, 1.807) is 30.0 Å². The van der Waals surface area contributed by atoms with Crippen LogP contribution >= 0.6 is 35.0 Å². The molecule has 3 rings (SSSR count). The largest absolute Gasteiger partial charge is 0.323 e. The van der Waals surface area contributed by atoms with Gasteiger partial charge >= 0.3 is 6.03 Å². The van der Waals surface area contributed by atoms with E-state index in [1.165, 1.54) is 16.7 Å².